The number of hydrogen-bond acceptors (Lipinski definition) is 5. The van der Waals surface area contributed by atoms with Crippen LogP contribution in [0.5, 0.6) is 0 Å². The number of aromatic nitrogens is 3. The maximum atomic E-state index is 11.9. The minimum Gasteiger partial charge on any atom is -0.325 e. The maximum absolute atomic E-state index is 11.9. The molecule has 1 heterocycles. The third kappa shape index (κ3) is 4.07. The molecule has 0 aliphatic rings. The number of nitrogens with zero attached hydrogens (tertiary/aromatic N) is 4. The second-order valence-corrected chi connectivity index (χ2v) is 5.58. The molecule has 0 aliphatic carbocycles. The Labute approximate surface area is 127 Å². The Hall–Kier alpha value is -2.33. The summed E-state index contributed by atoms with van der Waals surface area (Å²) in [6, 6.07) is 9.03. The van der Waals surface area contributed by atoms with E-state index in [0.717, 1.165) is 5.16 Å². The Morgan fingerprint density at radius 1 is 1.43 bits per heavy atom. The van der Waals surface area contributed by atoms with E-state index in [-0.39, 0.29) is 17.7 Å². The van der Waals surface area contributed by atoms with Crippen LogP contribution in [0, 0.1) is 11.3 Å². The van der Waals surface area contributed by atoms with Crippen molar-refractivity contribution in [3.8, 4) is 6.07 Å². The van der Waals surface area contributed by atoms with Gasteiger partial charge in [0.2, 0.25) is 5.91 Å². The number of benzene rings is 1. The average molecular weight is 301 g/mol. The number of nitriles is 1. The lowest BCUT2D eigenvalue weighted by molar-refractivity contribution is -0.113. The van der Waals surface area contributed by atoms with Crippen LogP contribution in [-0.2, 0) is 4.79 Å². The maximum Gasteiger partial charge on any atom is 0.234 e. The molecule has 0 fully saturated rings. The second-order valence-electron chi connectivity index (χ2n) is 4.64. The molecule has 108 valence electrons. The van der Waals surface area contributed by atoms with Crippen molar-refractivity contribution in [2.45, 2.75) is 25.0 Å². The van der Waals surface area contributed by atoms with Crippen molar-refractivity contribution in [3.63, 3.8) is 0 Å². The molecular formula is C14H15N5OS. The summed E-state index contributed by atoms with van der Waals surface area (Å²) in [7, 11) is 0. The number of carbonyl (C=O) groups excluding carboxylic acids is 1. The van der Waals surface area contributed by atoms with Gasteiger partial charge >= 0.3 is 0 Å². The average Bonchev–Trinajstić information content (AvgIpc) is 2.94. The minimum absolute atomic E-state index is 0.122. The highest BCUT2D eigenvalue weighted by Gasteiger charge is 2.10. The Bertz CT molecular complexity index is 657. The molecule has 0 spiro atoms. The SMILES string of the molecule is CC(C)n1cnnc1SCC(=O)Nc1ccc(C#N)cc1. The van der Waals surface area contributed by atoms with E-state index < -0.39 is 0 Å². The van der Waals surface area contributed by atoms with Gasteiger partial charge < -0.3 is 9.88 Å². The molecule has 1 aromatic carbocycles. The van der Waals surface area contributed by atoms with Gasteiger partial charge in [0.25, 0.3) is 0 Å². The smallest absolute Gasteiger partial charge is 0.234 e. The topological polar surface area (TPSA) is 83.6 Å². The molecule has 0 saturated heterocycles. The van der Waals surface area contributed by atoms with E-state index >= 15 is 0 Å². The lowest BCUT2D eigenvalue weighted by atomic mass is 10.2. The molecule has 2 aromatic rings. The summed E-state index contributed by atoms with van der Waals surface area (Å²) >= 11 is 1.34. The lowest BCUT2D eigenvalue weighted by Crippen LogP contribution is -2.14. The minimum atomic E-state index is -0.122. The van der Waals surface area contributed by atoms with Crippen LogP contribution in [0.2, 0.25) is 0 Å². The molecule has 0 bridgehead atoms. The van der Waals surface area contributed by atoms with Crippen LogP contribution in [0.3, 0.4) is 0 Å². The van der Waals surface area contributed by atoms with Gasteiger partial charge in [-0.3, -0.25) is 4.79 Å². The molecule has 0 radical (unpaired) electrons. The summed E-state index contributed by atoms with van der Waals surface area (Å²) in [5.74, 6) is 0.133. The van der Waals surface area contributed by atoms with Crippen LogP contribution in [0.1, 0.15) is 25.5 Å². The fourth-order valence-electron chi connectivity index (χ4n) is 1.64. The van der Waals surface area contributed by atoms with Crippen molar-refractivity contribution < 1.29 is 4.79 Å². The Kier molecular flexibility index (Phi) is 4.95. The zero-order chi connectivity index (χ0) is 15.2. The zero-order valence-electron chi connectivity index (χ0n) is 11.8. The van der Waals surface area contributed by atoms with Crippen LogP contribution < -0.4 is 5.32 Å². The number of nitrogens with one attached hydrogen (secondary N) is 1. The predicted molar refractivity (Wildman–Crippen MR) is 80.9 cm³/mol. The molecule has 0 aliphatic heterocycles. The summed E-state index contributed by atoms with van der Waals surface area (Å²) in [5, 5.41) is 20.1. The van der Waals surface area contributed by atoms with Crippen molar-refractivity contribution in [2.75, 3.05) is 11.1 Å². The van der Waals surface area contributed by atoms with E-state index in [1.807, 2.05) is 24.5 Å². The van der Waals surface area contributed by atoms with Crippen LogP contribution in [0.4, 0.5) is 5.69 Å². The summed E-state index contributed by atoms with van der Waals surface area (Å²) < 4.78 is 1.92. The predicted octanol–water partition coefficient (Wildman–Crippen LogP) is 2.46. The van der Waals surface area contributed by atoms with Crippen LogP contribution in [0.15, 0.2) is 35.7 Å². The van der Waals surface area contributed by atoms with Gasteiger partial charge in [-0.15, -0.1) is 10.2 Å². The second kappa shape index (κ2) is 6.90. The van der Waals surface area contributed by atoms with Crippen molar-refractivity contribution >= 4 is 23.4 Å². The normalized spacial score (nSPS) is 10.4. The van der Waals surface area contributed by atoms with Crippen LogP contribution in [0.25, 0.3) is 0 Å². The van der Waals surface area contributed by atoms with E-state index in [9.17, 15) is 4.79 Å². The molecular weight excluding hydrogens is 286 g/mol. The highest BCUT2D eigenvalue weighted by Crippen LogP contribution is 2.19. The van der Waals surface area contributed by atoms with E-state index in [1.165, 1.54) is 11.8 Å². The molecule has 0 atom stereocenters. The van der Waals surface area contributed by atoms with Gasteiger partial charge in [0.15, 0.2) is 5.16 Å². The highest BCUT2D eigenvalue weighted by atomic mass is 32.2. The van der Waals surface area contributed by atoms with Crippen molar-refractivity contribution in [3.05, 3.63) is 36.2 Å². The Balaban J connectivity index is 1.90. The fraction of sp³-hybridized carbons (Fsp3) is 0.286. The summed E-state index contributed by atoms with van der Waals surface area (Å²) in [4.78, 5) is 11.9. The monoisotopic (exact) mass is 301 g/mol. The molecule has 1 aromatic heterocycles. The van der Waals surface area contributed by atoms with Crippen molar-refractivity contribution in [1.29, 1.82) is 5.26 Å². The molecule has 1 amide bonds. The largest absolute Gasteiger partial charge is 0.325 e. The molecule has 6 nitrogen and oxygen atoms in total. The van der Waals surface area contributed by atoms with Gasteiger partial charge in [0.1, 0.15) is 6.33 Å². The first-order valence-corrected chi connectivity index (χ1v) is 7.41. The number of hydrogen-bond donors (Lipinski definition) is 1. The highest BCUT2D eigenvalue weighted by molar-refractivity contribution is 7.99. The van der Waals surface area contributed by atoms with E-state index in [1.54, 1.807) is 30.6 Å². The van der Waals surface area contributed by atoms with Gasteiger partial charge in [-0.25, -0.2) is 0 Å². The van der Waals surface area contributed by atoms with Gasteiger partial charge in [-0.2, -0.15) is 5.26 Å². The molecule has 1 N–H and O–H groups in total. The van der Waals surface area contributed by atoms with Gasteiger partial charge in [0.05, 0.1) is 17.4 Å². The zero-order valence-corrected chi connectivity index (χ0v) is 12.6. The summed E-state index contributed by atoms with van der Waals surface area (Å²) in [6.07, 6.45) is 1.66. The van der Waals surface area contributed by atoms with Crippen molar-refractivity contribution in [1.82, 2.24) is 14.8 Å². The van der Waals surface area contributed by atoms with Gasteiger partial charge in [0, 0.05) is 11.7 Å². The van der Waals surface area contributed by atoms with Crippen LogP contribution in [-0.4, -0.2) is 26.4 Å². The van der Waals surface area contributed by atoms with Gasteiger partial charge in [-0.1, -0.05) is 11.8 Å². The number of thioether (sulfide) groups is 1. The molecule has 21 heavy (non-hydrogen) atoms. The number of carbonyl (C=O) groups is 1. The van der Waals surface area contributed by atoms with E-state index in [4.69, 9.17) is 5.26 Å². The number of rotatable bonds is 5. The molecule has 7 heteroatoms. The first-order valence-electron chi connectivity index (χ1n) is 6.42. The summed E-state index contributed by atoms with van der Waals surface area (Å²) in [5.41, 5.74) is 1.23. The van der Waals surface area contributed by atoms with Gasteiger partial charge in [-0.05, 0) is 38.1 Å². The number of anilines is 1. The Morgan fingerprint density at radius 2 is 2.14 bits per heavy atom. The van der Waals surface area contributed by atoms with Crippen LogP contribution >= 0.6 is 11.8 Å². The fourth-order valence-corrected chi connectivity index (χ4v) is 2.49. The summed E-state index contributed by atoms with van der Waals surface area (Å²) in [6.45, 7) is 4.06. The first-order chi connectivity index (χ1) is 10.1. The van der Waals surface area contributed by atoms with E-state index in [0.29, 0.717) is 11.3 Å². The molecule has 0 unspecified atom stereocenters. The Morgan fingerprint density at radius 3 is 2.76 bits per heavy atom. The van der Waals surface area contributed by atoms with Crippen molar-refractivity contribution in [2.24, 2.45) is 0 Å². The first kappa shape index (κ1) is 15.1. The van der Waals surface area contributed by atoms with E-state index in [2.05, 4.69) is 15.5 Å². The molecule has 0 saturated carbocycles. The third-order valence-electron chi connectivity index (χ3n) is 2.73. The third-order valence-corrected chi connectivity index (χ3v) is 3.68. The quantitative estimate of drug-likeness (QED) is 0.858. The lowest BCUT2D eigenvalue weighted by Gasteiger charge is -2.09. The standard InChI is InChI=1S/C14H15N5OS/c1-10(2)19-9-16-18-14(19)21-8-13(20)17-12-5-3-11(7-15)4-6-12/h3-6,9-10H,8H2,1-2H3,(H,17,20). The number of amides is 1. The molecule has 2 rings (SSSR count).